The number of nitrogens with two attached hydrogens (primary N) is 1. The summed E-state index contributed by atoms with van der Waals surface area (Å²) in [6, 6.07) is 9.88. The predicted molar refractivity (Wildman–Crippen MR) is 70.1 cm³/mol. The van der Waals surface area contributed by atoms with Crippen LogP contribution in [-0.4, -0.2) is 31.7 Å². The van der Waals surface area contributed by atoms with Crippen molar-refractivity contribution in [1.29, 1.82) is 0 Å². The molecule has 0 spiro atoms. The van der Waals surface area contributed by atoms with Gasteiger partial charge in [-0.2, -0.15) is 0 Å². The first-order chi connectivity index (χ1) is 8.63. The molecule has 0 radical (unpaired) electrons. The lowest BCUT2D eigenvalue weighted by atomic mass is 9.85. The molecule has 1 aliphatic heterocycles. The van der Waals surface area contributed by atoms with Gasteiger partial charge >= 0.3 is 0 Å². The van der Waals surface area contributed by atoms with Gasteiger partial charge in [-0.25, -0.2) is 0 Å². The lowest BCUT2D eigenvalue weighted by Gasteiger charge is -2.25. The molecule has 0 aliphatic carbocycles. The molecule has 0 bridgehead atoms. The zero-order chi connectivity index (χ0) is 13.0. The van der Waals surface area contributed by atoms with E-state index >= 15 is 0 Å². The van der Waals surface area contributed by atoms with Crippen LogP contribution in [0.1, 0.15) is 12.5 Å². The third-order valence-corrected chi connectivity index (χ3v) is 3.58. The van der Waals surface area contributed by atoms with E-state index in [1.165, 1.54) is 5.56 Å². The van der Waals surface area contributed by atoms with Crippen molar-refractivity contribution in [3.8, 4) is 0 Å². The van der Waals surface area contributed by atoms with Crippen LogP contribution in [0.5, 0.6) is 0 Å². The molecular formula is C14H20N2O2. The summed E-state index contributed by atoms with van der Waals surface area (Å²) in [6.07, 6.45) is 0.832. The van der Waals surface area contributed by atoms with Crippen LogP contribution in [0, 0.1) is 5.41 Å². The number of rotatable bonds is 4. The van der Waals surface area contributed by atoms with E-state index in [0.29, 0.717) is 19.8 Å². The summed E-state index contributed by atoms with van der Waals surface area (Å²) in [5.41, 5.74) is 6.54. The number of ether oxygens (including phenoxy) is 1. The van der Waals surface area contributed by atoms with Crippen LogP contribution in [0.25, 0.3) is 0 Å². The molecule has 2 unspecified atom stereocenters. The number of hydrogen-bond acceptors (Lipinski definition) is 3. The van der Waals surface area contributed by atoms with Crippen LogP contribution < -0.4 is 11.1 Å². The second-order valence-electron chi connectivity index (χ2n) is 5.03. The van der Waals surface area contributed by atoms with E-state index in [-0.39, 0.29) is 11.9 Å². The Hall–Kier alpha value is -1.39. The SMILES string of the molecule is CC1(C(=O)NCCc2ccccc2)COCC1N. The molecule has 1 amide bonds. The predicted octanol–water partition coefficient (Wildman–Crippen LogP) is 0.709. The minimum Gasteiger partial charge on any atom is -0.379 e. The Balaban J connectivity index is 1.82. The summed E-state index contributed by atoms with van der Waals surface area (Å²) in [4.78, 5) is 12.1. The molecule has 1 aromatic carbocycles. The molecule has 1 heterocycles. The highest BCUT2D eigenvalue weighted by atomic mass is 16.5. The maximum absolute atomic E-state index is 12.1. The standard InChI is InChI=1S/C14H20N2O2/c1-14(10-18-9-12(14)15)13(17)16-8-7-11-5-3-2-4-6-11/h2-6,12H,7-10,15H2,1H3,(H,16,17). The average Bonchev–Trinajstić information content (AvgIpc) is 2.72. The van der Waals surface area contributed by atoms with Crippen LogP contribution in [0.4, 0.5) is 0 Å². The van der Waals surface area contributed by atoms with Gasteiger partial charge in [-0.05, 0) is 18.9 Å². The van der Waals surface area contributed by atoms with Gasteiger partial charge in [0.15, 0.2) is 0 Å². The molecule has 18 heavy (non-hydrogen) atoms. The van der Waals surface area contributed by atoms with Crippen molar-refractivity contribution < 1.29 is 9.53 Å². The second-order valence-corrected chi connectivity index (χ2v) is 5.03. The Morgan fingerprint density at radius 3 is 2.83 bits per heavy atom. The fraction of sp³-hybridized carbons (Fsp3) is 0.500. The Morgan fingerprint density at radius 2 is 2.22 bits per heavy atom. The van der Waals surface area contributed by atoms with E-state index in [9.17, 15) is 4.79 Å². The van der Waals surface area contributed by atoms with E-state index in [1.807, 2.05) is 25.1 Å². The van der Waals surface area contributed by atoms with E-state index in [2.05, 4.69) is 17.4 Å². The molecule has 0 saturated carbocycles. The maximum Gasteiger partial charge on any atom is 0.229 e. The van der Waals surface area contributed by atoms with Gasteiger partial charge < -0.3 is 15.8 Å². The molecule has 1 aliphatic rings. The first-order valence-corrected chi connectivity index (χ1v) is 6.28. The molecule has 1 saturated heterocycles. The lowest BCUT2D eigenvalue weighted by Crippen LogP contribution is -2.50. The van der Waals surface area contributed by atoms with E-state index in [0.717, 1.165) is 6.42 Å². The van der Waals surface area contributed by atoms with Crippen LogP contribution in [0.2, 0.25) is 0 Å². The highest BCUT2D eigenvalue weighted by Crippen LogP contribution is 2.26. The third-order valence-electron chi connectivity index (χ3n) is 3.58. The third kappa shape index (κ3) is 2.71. The molecule has 2 rings (SSSR count). The first-order valence-electron chi connectivity index (χ1n) is 6.28. The quantitative estimate of drug-likeness (QED) is 0.825. The fourth-order valence-electron chi connectivity index (χ4n) is 2.09. The average molecular weight is 248 g/mol. The van der Waals surface area contributed by atoms with Crippen LogP contribution >= 0.6 is 0 Å². The van der Waals surface area contributed by atoms with Crippen molar-refractivity contribution in [3.63, 3.8) is 0 Å². The minimum atomic E-state index is -0.587. The zero-order valence-electron chi connectivity index (χ0n) is 10.7. The first kappa shape index (κ1) is 13.1. The van der Waals surface area contributed by atoms with Crippen molar-refractivity contribution >= 4 is 5.91 Å². The summed E-state index contributed by atoms with van der Waals surface area (Å²) >= 11 is 0. The lowest BCUT2D eigenvalue weighted by molar-refractivity contribution is -0.130. The van der Waals surface area contributed by atoms with Crippen molar-refractivity contribution in [2.75, 3.05) is 19.8 Å². The van der Waals surface area contributed by atoms with E-state index < -0.39 is 5.41 Å². The minimum absolute atomic E-state index is 0.0107. The van der Waals surface area contributed by atoms with Gasteiger partial charge in [-0.3, -0.25) is 4.79 Å². The summed E-state index contributed by atoms with van der Waals surface area (Å²) < 4.78 is 5.27. The van der Waals surface area contributed by atoms with E-state index in [1.54, 1.807) is 0 Å². The number of benzene rings is 1. The topological polar surface area (TPSA) is 64.3 Å². The maximum atomic E-state index is 12.1. The molecular weight excluding hydrogens is 228 g/mol. The smallest absolute Gasteiger partial charge is 0.229 e. The Labute approximate surface area is 108 Å². The molecule has 98 valence electrons. The molecule has 4 heteroatoms. The second kappa shape index (κ2) is 5.50. The summed E-state index contributed by atoms with van der Waals surface area (Å²) in [7, 11) is 0. The normalized spacial score (nSPS) is 27.1. The van der Waals surface area contributed by atoms with Crippen molar-refractivity contribution in [1.82, 2.24) is 5.32 Å². The van der Waals surface area contributed by atoms with Crippen LogP contribution in [0.15, 0.2) is 30.3 Å². The highest BCUT2D eigenvalue weighted by molar-refractivity contribution is 5.83. The van der Waals surface area contributed by atoms with Gasteiger partial charge in [-0.1, -0.05) is 30.3 Å². The van der Waals surface area contributed by atoms with Crippen LogP contribution in [-0.2, 0) is 16.0 Å². The Morgan fingerprint density at radius 1 is 1.50 bits per heavy atom. The number of hydrogen-bond donors (Lipinski definition) is 2. The molecule has 0 aromatic heterocycles. The van der Waals surface area contributed by atoms with Crippen molar-refractivity contribution in [2.45, 2.75) is 19.4 Å². The molecule has 1 fully saturated rings. The van der Waals surface area contributed by atoms with Gasteiger partial charge in [0.25, 0.3) is 0 Å². The summed E-state index contributed by atoms with van der Waals surface area (Å²) in [5, 5.41) is 2.95. The van der Waals surface area contributed by atoms with Gasteiger partial charge in [0, 0.05) is 12.6 Å². The number of amides is 1. The van der Waals surface area contributed by atoms with Gasteiger partial charge in [0.05, 0.1) is 18.6 Å². The Bertz CT molecular complexity index is 408. The van der Waals surface area contributed by atoms with Crippen molar-refractivity contribution in [2.24, 2.45) is 11.1 Å². The molecule has 1 aromatic rings. The number of nitrogens with one attached hydrogen (secondary N) is 1. The zero-order valence-corrected chi connectivity index (χ0v) is 10.7. The fourth-order valence-corrected chi connectivity index (χ4v) is 2.09. The highest BCUT2D eigenvalue weighted by Gasteiger charge is 2.44. The molecule has 3 N–H and O–H groups in total. The number of carbonyl (C=O) groups is 1. The molecule has 2 atom stereocenters. The largest absolute Gasteiger partial charge is 0.379 e. The Kier molecular flexibility index (Phi) is 3.99. The van der Waals surface area contributed by atoms with Crippen molar-refractivity contribution in [3.05, 3.63) is 35.9 Å². The molecule has 4 nitrogen and oxygen atoms in total. The monoisotopic (exact) mass is 248 g/mol. The van der Waals surface area contributed by atoms with Gasteiger partial charge in [0.1, 0.15) is 0 Å². The number of carbonyl (C=O) groups excluding carboxylic acids is 1. The summed E-state index contributed by atoms with van der Waals surface area (Å²) in [5.74, 6) is -0.0107. The summed E-state index contributed by atoms with van der Waals surface area (Å²) in [6.45, 7) is 3.36. The van der Waals surface area contributed by atoms with Crippen LogP contribution in [0.3, 0.4) is 0 Å². The van der Waals surface area contributed by atoms with Gasteiger partial charge in [0.2, 0.25) is 5.91 Å². The van der Waals surface area contributed by atoms with E-state index in [4.69, 9.17) is 10.5 Å². The van der Waals surface area contributed by atoms with Gasteiger partial charge in [-0.15, -0.1) is 0 Å².